The van der Waals surface area contributed by atoms with Gasteiger partial charge >= 0.3 is 0 Å². The fourth-order valence-electron chi connectivity index (χ4n) is 2.98. The first-order valence-corrected chi connectivity index (χ1v) is 10.2. The van der Waals surface area contributed by atoms with Gasteiger partial charge in [-0.05, 0) is 13.3 Å². The molecule has 2 aromatic rings. The zero-order valence-electron chi connectivity index (χ0n) is 16.6. The number of hydrogen-bond acceptors (Lipinski definition) is 6. The standard InChI is InChI=1S/C18H27N7OS.HI/c1-4-14-12-21-15(27-14)13-22-18(19-5-2)25-10-8-24(9-11-25)16-17(26)23(3)7-6-20-16;/h6-7,12H,4-5,8-11,13H2,1-3H3,(H,19,22);1H. The second kappa shape index (κ2) is 10.7. The SMILES string of the molecule is CCNC(=NCc1ncc(CC)s1)N1CCN(c2nccn(C)c2=O)CC1.I. The third-order valence-electron chi connectivity index (χ3n) is 4.53. The first-order chi connectivity index (χ1) is 13.1. The lowest BCUT2D eigenvalue weighted by Gasteiger charge is -2.36. The zero-order valence-corrected chi connectivity index (χ0v) is 19.7. The maximum Gasteiger partial charge on any atom is 0.293 e. The van der Waals surface area contributed by atoms with Gasteiger partial charge in [-0.1, -0.05) is 6.92 Å². The topological polar surface area (TPSA) is 78.7 Å². The predicted octanol–water partition coefficient (Wildman–Crippen LogP) is 1.70. The molecule has 10 heteroatoms. The summed E-state index contributed by atoms with van der Waals surface area (Å²) in [6, 6.07) is 0. The fraction of sp³-hybridized carbons (Fsp3) is 0.556. The van der Waals surface area contributed by atoms with Gasteiger partial charge in [0, 0.05) is 63.2 Å². The Labute approximate surface area is 186 Å². The molecule has 0 aliphatic carbocycles. The van der Waals surface area contributed by atoms with Gasteiger partial charge in [0.05, 0.1) is 6.54 Å². The number of aliphatic imine (C=N–C) groups is 1. The molecule has 28 heavy (non-hydrogen) atoms. The lowest BCUT2D eigenvalue weighted by Crippen LogP contribution is -2.53. The number of nitrogens with one attached hydrogen (secondary N) is 1. The van der Waals surface area contributed by atoms with Crippen molar-refractivity contribution in [3.05, 3.63) is 38.8 Å². The van der Waals surface area contributed by atoms with Crippen molar-refractivity contribution < 1.29 is 0 Å². The van der Waals surface area contributed by atoms with E-state index in [1.54, 1.807) is 35.3 Å². The number of thiazole rings is 1. The molecular weight excluding hydrogens is 489 g/mol. The van der Waals surface area contributed by atoms with Crippen LogP contribution in [0.1, 0.15) is 23.7 Å². The van der Waals surface area contributed by atoms with Crippen LogP contribution in [-0.4, -0.2) is 58.1 Å². The van der Waals surface area contributed by atoms with Gasteiger partial charge in [0.1, 0.15) is 5.01 Å². The Kier molecular flexibility index (Phi) is 8.67. The van der Waals surface area contributed by atoms with Gasteiger partial charge < -0.3 is 19.7 Å². The highest BCUT2D eigenvalue weighted by Gasteiger charge is 2.22. The van der Waals surface area contributed by atoms with E-state index in [4.69, 9.17) is 4.99 Å². The molecule has 1 aliphatic heterocycles. The molecule has 0 radical (unpaired) electrons. The number of rotatable bonds is 5. The first kappa shape index (κ1) is 22.6. The highest BCUT2D eigenvalue weighted by atomic mass is 127. The Morgan fingerprint density at radius 2 is 2.00 bits per heavy atom. The number of hydrogen-bond donors (Lipinski definition) is 1. The molecule has 154 valence electrons. The Morgan fingerprint density at radius 1 is 1.25 bits per heavy atom. The quantitative estimate of drug-likeness (QED) is 0.370. The third-order valence-corrected chi connectivity index (χ3v) is 5.65. The molecule has 1 aliphatic rings. The van der Waals surface area contributed by atoms with Gasteiger partial charge in [-0.25, -0.2) is 15.0 Å². The molecule has 0 spiro atoms. The average molecular weight is 517 g/mol. The van der Waals surface area contributed by atoms with Crippen LogP contribution in [-0.2, 0) is 20.0 Å². The number of aromatic nitrogens is 3. The van der Waals surface area contributed by atoms with E-state index in [0.717, 1.165) is 50.1 Å². The number of piperazine rings is 1. The van der Waals surface area contributed by atoms with Crippen LogP contribution in [0.4, 0.5) is 5.82 Å². The summed E-state index contributed by atoms with van der Waals surface area (Å²) < 4.78 is 1.57. The Morgan fingerprint density at radius 3 is 2.64 bits per heavy atom. The van der Waals surface area contributed by atoms with Crippen LogP contribution in [0.5, 0.6) is 0 Å². The normalized spacial score (nSPS) is 14.8. The molecule has 3 rings (SSSR count). The molecular formula is C18H28IN7OS. The summed E-state index contributed by atoms with van der Waals surface area (Å²) in [5.74, 6) is 1.43. The minimum absolute atomic E-state index is 0. The van der Waals surface area contributed by atoms with Gasteiger partial charge in [-0.15, -0.1) is 35.3 Å². The van der Waals surface area contributed by atoms with E-state index in [2.05, 4.69) is 38.9 Å². The van der Waals surface area contributed by atoms with Crippen LogP contribution in [0.2, 0.25) is 0 Å². The first-order valence-electron chi connectivity index (χ1n) is 9.35. The minimum Gasteiger partial charge on any atom is -0.357 e. The van der Waals surface area contributed by atoms with Crippen LogP contribution in [0.15, 0.2) is 28.4 Å². The molecule has 2 aromatic heterocycles. The fourth-order valence-corrected chi connectivity index (χ4v) is 3.77. The molecule has 8 nitrogen and oxygen atoms in total. The molecule has 0 atom stereocenters. The van der Waals surface area contributed by atoms with Crippen LogP contribution in [0, 0.1) is 0 Å². The van der Waals surface area contributed by atoms with Crippen LogP contribution in [0.25, 0.3) is 0 Å². The van der Waals surface area contributed by atoms with Crippen LogP contribution in [0.3, 0.4) is 0 Å². The summed E-state index contributed by atoms with van der Waals surface area (Å²) in [5.41, 5.74) is -0.0537. The van der Waals surface area contributed by atoms with E-state index in [1.165, 1.54) is 4.88 Å². The van der Waals surface area contributed by atoms with Crippen LogP contribution >= 0.6 is 35.3 Å². The van der Waals surface area contributed by atoms with E-state index < -0.39 is 0 Å². The van der Waals surface area contributed by atoms with Crippen molar-refractivity contribution >= 4 is 47.1 Å². The summed E-state index contributed by atoms with van der Waals surface area (Å²) in [7, 11) is 1.75. The smallest absolute Gasteiger partial charge is 0.293 e. The highest BCUT2D eigenvalue weighted by molar-refractivity contribution is 14.0. The second-order valence-corrected chi connectivity index (χ2v) is 7.58. The number of aryl methyl sites for hydroxylation is 2. The molecule has 0 unspecified atom stereocenters. The van der Waals surface area contributed by atoms with Crippen molar-refractivity contribution in [2.24, 2.45) is 12.0 Å². The largest absolute Gasteiger partial charge is 0.357 e. The number of halogens is 1. The Balaban J connectivity index is 0.00000280. The Hall–Kier alpha value is -1.69. The van der Waals surface area contributed by atoms with Crippen molar-refractivity contribution in [2.75, 3.05) is 37.6 Å². The lowest BCUT2D eigenvalue weighted by molar-refractivity contribution is 0.370. The number of guanidine groups is 1. The van der Waals surface area contributed by atoms with Gasteiger partial charge in [-0.2, -0.15) is 0 Å². The summed E-state index contributed by atoms with van der Waals surface area (Å²) in [6.07, 6.45) is 6.30. The lowest BCUT2D eigenvalue weighted by atomic mass is 10.3. The molecule has 3 heterocycles. The highest BCUT2D eigenvalue weighted by Crippen LogP contribution is 2.15. The molecule has 1 fully saturated rings. The predicted molar refractivity (Wildman–Crippen MR) is 125 cm³/mol. The van der Waals surface area contributed by atoms with E-state index >= 15 is 0 Å². The monoisotopic (exact) mass is 517 g/mol. The summed E-state index contributed by atoms with van der Waals surface area (Å²) in [5, 5.41) is 4.41. The summed E-state index contributed by atoms with van der Waals surface area (Å²) in [4.78, 5) is 31.3. The van der Waals surface area contributed by atoms with Gasteiger partial charge in [0.2, 0.25) is 0 Å². The average Bonchev–Trinajstić information content (AvgIpc) is 3.16. The second-order valence-electron chi connectivity index (χ2n) is 6.39. The van der Waals surface area contributed by atoms with E-state index in [-0.39, 0.29) is 29.5 Å². The Bertz CT molecular complexity index is 842. The molecule has 0 saturated carbocycles. The zero-order chi connectivity index (χ0) is 19.2. The van der Waals surface area contributed by atoms with Crippen molar-refractivity contribution in [3.63, 3.8) is 0 Å². The van der Waals surface area contributed by atoms with Crippen molar-refractivity contribution in [3.8, 4) is 0 Å². The minimum atomic E-state index is -0.0537. The maximum absolute atomic E-state index is 12.3. The van der Waals surface area contributed by atoms with Crippen LogP contribution < -0.4 is 15.8 Å². The van der Waals surface area contributed by atoms with E-state index in [0.29, 0.717) is 12.4 Å². The molecule has 1 saturated heterocycles. The molecule has 0 bridgehead atoms. The van der Waals surface area contributed by atoms with Gasteiger partial charge in [0.15, 0.2) is 11.8 Å². The van der Waals surface area contributed by atoms with Crippen molar-refractivity contribution in [2.45, 2.75) is 26.8 Å². The number of anilines is 1. The van der Waals surface area contributed by atoms with Gasteiger partial charge in [-0.3, -0.25) is 4.79 Å². The molecule has 0 amide bonds. The molecule has 0 aromatic carbocycles. The third kappa shape index (κ3) is 5.43. The summed E-state index contributed by atoms with van der Waals surface area (Å²) >= 11 is 1.72. The number of nitrogens with zero attached hydrogens (tertiary/aromatic N) is 6. The summed E-state index contributed by atoms with van der Waals surface area (Å²) in [6.45, 7) is 8.70. The maximum atomic E-state index is 12.3. The molecule has 1 N–H and O–H groups in total. The van der Waals surface area contributed by atoms with E-state index in [1.807, 2.05) is 6.20 Å². The van der Waals surface area contributed by atoms with E-state index in [9.17, 15) is 4.79 Å². The van der Waals surface area contributed by atoms with Gasteiger partial charge in [0.25, 0.3) is 5.56 Å². The van der Waals surface area contributed by atoms with Crippen molar-refractivity contribution in [1.29, 1.82) is 0 Å². The van der Waals surface area contributed by atoms with Crippen molar-refractivity contribution in [1.82, 2.24) is 24.8 Å².